The predicted molar refractivity (Wildman–Crippen MR) is 78.6 cm³/mol. The topological polar surface area (TPSA) is 93.1 Å². The van der Waals surface area contributed by atoms with Crippen molar-refractivity contribution in [3.05, 3.63) is 17.7 Å². The molecule has 7 nitrogen and oxygen atoms in total. The molecule has 0 aliphatic carbocycles. The minimum absolute atomic E-state index is 0. The largest absolute Gasteiger partial charge is 0.493 e. The first-order valence-electron chi connectivity index (χ1n) is 5.76. The molecule has 1 aromatic rings. The third-order valence-corrected chi connectivity index (χ3v) is 4.68. The summed E-state index contributed by atoms with van der Waals surface area (Å²) in [4.78, 5) is 10.8. The van der Waals surface area contributed by atoms with E-state index in [0.29, 0.717) is 17.7 Å². The first-order chi connectivity index (χ1) is 9.31. The van der Waals surface area contributed by atoms with Gasteiger partial charge in [0, 0.05) is 12.6 Å². The van der Waals surface area contributed by atoms with Gasteiger partial charge in [0.2, 0.25) is 0 Å². The lowest BCUT2D eigenvalue weighted by Gasteiger charge is -2.19. The smallest absolute Gasteiger partial charge is 0.421 e. The van der Waals surface area contributed by atoms with Gasteiger partial charge in [-0.2, -0.15) is 0 Å². The van der Waals surface area contributed by atoms with E-state index < -0.39 is 16.1 Å². The molecule has 1 rings (SSSR count). The first kappa shape index (κ1) is 19.0. The molecule has 0 spiro atoms. The lowest BCUT2D eigenvalue weighted by atomic mass is 10.1. The number of rotatable bonds is 5. The van der Waals surface area contributed by atoms with Crippen LogP contribution in [-0.4, -0.2) is 45.2 Å². The second-order valence-corrected chi connectivity index (χ2v) is 5.82. The highest BCUT2D eigenvalue weighted by Gasteiger charge is 2.29. The molecule has 0 saturated heterocycles. The van der Waals surface area contributed by atoms with E-state index in [0.717, 1.165) is 7.05 Å². The van der Waals surface area contributed by atoms with Crippen LogP contribution in [0.2, 0.25) is 0 Å². The fraction of sp³-hybridized carbons (Fsp3) is 0.462. The number of carboxylic acid groups (broad SMARTS) is 1. The zero-order chi connectivity index (χ0) is 15.5. The van der Waals surface area contributed by atoms with Crippen LogP contribution >= 0.6 is 0 Å². The Kier molecular flexibility index (Phi) is 6.50. The van der Waals surface area contributed by atoms with Crippen molar-refractivity contribution in [2.24, 2.45) is 0 Å². The molecule has 0 fully saturated rings. The van der Waals surface area contributed by atoms with Crippen LogP contribution in [0.15, 0.2) is 17.0 Å². The fourth-order valence-electron chi connectivity index (χ4n) is 1.80. The van der Waals surface area contributed by atoms with Gasteiger partial charge in [0.05, 0.1) is 19.1 Å². The van der Waals surface area contributed by atoms with Crippen LogP contribution in [0, 0.1) is 0 Å². The molecule has 0 heterocycles. The van der Waals surface area contributed by atoms with Crippen LogP contribution in [0.3, 0.4) is 0 Å². The van der Waals surface area contributed by atoms with Crippen molar-refractivity contribution in [2.75, 3.05) is 21.3 Å². The molecule has 1 amide bonds. The maximum absolute atomic E-state index is 12.3. The van der Waals surface area contributed by atoms with E-state index >= 15 is 0 Å². The minimum Gasteiger partial charge on any atom is -0.493 e. The van der Waals surface area contributed by atoms with Gasteiger partial charge in [-0.15, -0.1) is 0 Å². The average Bonchev–Trinajstić information content (AvgIpc) is 2.43. The molecule has 0 aromatic heterocycles. The van der Waals surface area contributed by atoms with Gasteiger partial charge in [0.15, 0.2) is 11.5 Å². The Labute approximate surface area is 125 Å². The molecule has 0 saturated carbocycles. The Hall–Kier alpha value is -1.96. The van der Waals surface area contributed by atoms with Crippen molar-refractivity contribution in [2.45, 2.75) is 25.7 Å². The van der Waals surface area contributed by atoms with E-state index in [2.05, 4.69) is 0 Å². The van der Waals surface area contributed by atoms with E-state index in [1.54, 1.807) is 6.92 Å². The van der Waals surface area contributed by atoms with E-state index in [-0.39, 0.29) is 22.4 Å². The molecular weight excluding hydrogens is 298 g/mol. The molecule has 0 atom stereocenters. The molecule has 0 bridgehead atoms. The van der Waals surface area contributed by atoms with Gasteiger partial charge < -0.3 is 14.6 Å². The molecule has 1 N–H and O–H groups in total. The number of amides is 1. The van der Waals surface area contributed by atoms with Gasteiger partial charge in [-0.3, -0.25) is 0 Å². The predicted octanol–water partition coefficient (Wildman–Crippen LogP) is 2.20. The number of nitrogens with zero attached hydrogens (tertiary/aromatic N) is 1. The van der Waals surface area contributed by atoms with Crippen LogP contribution in [0.1, 0.15) is 19.9 Å². The number of hydrogen-bond acceptors (Lipinski definition) is 5. The van der Waals surface area contributed by atoms with Crippen LogP contribution in [0.25, 0.3) is 0 Å². The summed E-state index contributed by atoms with van der Waals surface area (Å²) in [6, 6.07) is 2.75. The van der Waals surface area contributed by atoms with Crippen molar-refractivity contribution < 1.29 is 27.8 Å². The normalized spacial score (nSPS) is 10.5. The fourth-order valence-corrected chi connectivity index (χ4v) is 3.09. The number of hydrogen-bond donors (Lipinski definition) is 1. The third kappa shape index (κ3) is 3.38. The Balaban J connectivity index is 0.00000400. The second kappa shape index (κ2) is 7.16. The van der Waals surface area contributed by atoms with Gasteiger partial charge in [0.25, 0.3) is 10.0 Å². The zero-order valence-corrected chi connectivity index (χ0v) is 12.5. The summed E-state index contributed by atoms with van der Waals surface area (Å²) in [5.41, 5.74) is 0.375. The number of sulfonamides is 1. The summed E-state index contributed by atoms with van der Waals surface area (Å²) < 4.78 is 35.1. The van der Waals surface area contributed by atoms with Crippen molar-refractivity contribution >= 4 is 16.1 Å². The Bertz CT molecular complexity index is 611. The van der Waals surface area contributed by atoms with Gasteiger partial charge in [-0.05, 0) is 18.6 Å². The Morgan fingerprint density at radius 1 is 1.29 bits per heavy atom. The summed E-state index contributed by atoms with van der Waals surface area (Å²) in [6.45, 7) is 1.75. The lowest BCUT2D eigenvalue weighted by molar-refractivity contribution is 0.178. The van der Waals surface area contributed by atoms with Crippen molar-refractivity contribution in [3.8, 4) is 11.5 Å². The highest BCUT2D eigenvalue weighted by molar-refractivity contribution is 7.89. The van der Waals surface area contributed by atoms with Crippen molar-refractivity contribution in [3.63, 3.8) is 0 Å². The van der Waals surface area contributed by atoms with Gasteiger partial charge >= 0.3 is 6.09 Å². The molecule has 8 heteroatoms. The van der Waals surface area contributed by atoms with E-state index in [4.69, 9.17) is 14.6 Å². The number of carbonyl (C=O) groups is 1. The van der Waals surface area contributed by atoms with Gasteiger partial charge in [-0.25, -0.2) is 17.5 Å². The highest BCUT2D eigenvalue weighted by Crippen LogP contribution is 2.36. The van der Waals surface area contributed by atoms with Crippen molar-refractivity contribution in [1.82, 2.24) is 4.31 Å². The zero-order valence-electron chi connectivity index (χ0n) is 11.7. The maximum atomic E-state index is 12.3. The monoisotopic (exact) mass is 319 g/mol. The van der Waals surface area contributed by atoms with E-state index in [9.17, 15) is 13.2 Å². The van der Waals surface area contributed by atoms with E-state index in [1.165, 1.54) is 26.4 Å². The standard InChI is InChI=1S/C12H17NO6S.CH4/c1-5-8-10(20(16,17)13(2)12(14)15)7-6-9(18-3)11(8)19-4;/h6-7H,5H2,1-4H3,(H,14,15);1H4. The quantitative estimate of drug-likeness (QED) is 0.894. The van der Waals surface area contributed by atoms with Crippen LogP contribution in [-0.2, 0) is 16.4 Å². The highest BCUT2D eigenvalue weighted by atomic mass is 32.2. The molecular formula is C13H21NO6S. The number of methoxy groups -OCH3 is 2. The molecule has 21 heavy (non-hydrogen) atoms. The van der Waals surface area contributed by atoms with Gasteiger partial charge in [-0.1, -0.05) is 14.4 Å². The summed E-state index contributed by atoms with van der Waals surface area (Å²) in [6.07, 6.45) is -1.20. The second-order valence-electron chi connectivity index (χ2n) is 3.89. The molecule has 0 radical (unpaired) electrons. The molecule has 1 aromatic carbocycles. The van der Waals surface area contributed by atoms with Crippen LogP contribution in [0.4, 0.5) is 4.79 Å². The first-order valence-corrected chi connectivity index (χ1v) is 7.20. The summed E-state index contributed by atoms with van der Waals surface area (Å²) in [7, 11) is -0.324. The summed E-state index contributed by atoms with van der Waals surface area (Å²) in [5.74, 6) is 0.677. The average molecular weight is 319 g/mol. The maximum Gasteiger partial charge on any atom is 0.421 e. The number of benzene rings is 1. The molecule has 0 aliphatic rings. The number of ether oxygens (including phenoxy) is 2. The summed E-state index contributed by atoms with van der Waals surface area (Å²) in [5, 5.41) is 8.86. The lowest BCUT2D eigenvalue weighted by Crippen LogP contribution is -2.32. The minimum atomic E-state index is -4.14. The SMILES string of the molecule is C.CCc1c(S(=O)(=O)N(C)C(=O)O)ccc(OC)c1OC. The molecule has 0 unspecified atom stereocenters. The molecule has 120 valence electrons. The molecule has 0 aliphatic heterocycles. The van der Waals surface area contributed by atoms with Crippen LogP contribution < -0.4 is 9.47 Å². The van der Waals surface area contributed by atoms with Gasteiger partial charge in [0.1, 0.15) is 0 Å². The Morgan fingerprint density at radius 2 is 1.86 bits per heavy atom. The third-order valence-electron chi connectivity index (χ3n) is 2.87. The van der Waals surface area contributed by atoms with Crippen molar-refractivity contribution in [1.29, 1.82) is 0 Å². The van der Waals surface area contributed by atoms with Crippen LogP contribution in [0.5, 0.6) is 11.5 Å². The summed E-state index contributed by atoms with van der Waals surface area (Å²) >= 11 is 0. The Morgan fingerprint density at radius 3 is 2.24 bits per heavy atom. The van der Waals surface area contributed by atoms with E-state index in [1.807, 2.05) is 0 Å².